The summed E-state index contributed by atoms with van der Waals surface area (Å²) < 4.78 is 0.572. The zero-order valence-corrected chi connectivity index (χ0v) is 10.5. The maximum Gasteiger partial charge on any atom is 0.267 e. The predicted molar refractivity (Wildman–Crippen MR) is 65.6 cm³/mol. The van der Waals surface area contributed by atoms with Gasteiger partial charge in [-0.25, -0.2) is 4.98 Å². The van der Waals surface area contributed by atoms with Gasteiger partial charge in [0, 0.05) is 12.6 Å². The minimum absolute atomic E-state index is 0.0913. The van der Waals surface area contributed by atoms with Crippen molar-refractivity contribution in [3.63, 3.8) is 0 Å². The molecular formula is C11H14BrN3O. The lowest BCUT2D eigenvalue weighted by atomic mass is 10.3. The van der Waals surface area contributed by atoms with Gasteiger partial charge in [-0.15, -0.1) is 0 Å². The molecule has 0 atom stereocenters. The maximum atomic E-state index is 11.5. The standard InChI is InChI=1S/C11H14BrN3O/c12-9-10(13-6-14-11(9)16)15(8-3-4-8)5-7-1-2-7/h6-8H,1-5H2,(H,13,14,16). The van der Waals surface area contributed by atoms with Gasteiger partial charge in [0.05, 0.1) is 6.33 Å². The lowest BCUT2D eigenvalue weighted by Gasteiger charge is -2.23. The molecule has 5 heteroatoms. The van der Waals surface area contributed by atoms with E-state index in [1.807, 2.05) is 0 Å². The first-order chi connectivity index (χ1) is 7.75. The van der Waals surface area contributed by atoms with Crippen molar-refractivity contribution in [2.75, 3.05) is 11.4 Å². The average molecular weight is 284 g/mol. The summed E-state index contributed by atoms with van der Waals surface area (Å²) in [4.78, 5) is 20.7. The Labute approximate surface area is 102 Å². The fourth-order valence-corrected chi connectivity index (χ4v) is 2.39. The summed E-state index contributed by atoms with van der Waals surface area (Å²) in [7, 11) is 0. The largest absolute Gasteiger partial charge is 0.352 e. The van der Waals surface area contributed by atoms with Crippen molar-refractivity contribution < 1.29 is 0 Å². The van der Waals surface area contributed by atoms with E-state index in [2.05, 4.69) is 30.8 Å². The number of hydrogen-bond acceptors (Lipinski definition) is 3. The number of anilines is 1. The van der Waals surface area contributed by atoms with E-state index in [4.69, 9.17) is 0 Å². The Kier molecular flexibility index (Phi) is 2.50. The van der Waals surface area contributed by atoms with Gasteiger partial charge in [0.25, 0.3) is 5.56 Å². The SMILES string of the molecule is O=c1[nH]cnc(N(CC2CC2)C2CC2)c1Br. The molecule has 2 fully saturated rings. The minimum atomic E-state index is -0.0913. The molecule has 16 heavy (non-hydrogen) atoms. The van der Waals surface area contributed by atoms with Crippen molar-refractivity contribution in [2.24, 2.45) is 5.92 Å². The molecule has 1 aromatic rings. The van der Waals surface area contributed by atoms with Crippen molar-refractivity contribution in [1.82, 2.24) is 9.97 Å². The van der Waals surface area contributed by atoms with Gasteiger partial charge in [0.2, 0.25) is 0 Å². The van der Waals surface area contributed by atoms with Crippen LogP contribution in [0.3, 0.4) is 0 Å². The van der Waals surface area contributed by atoms with Crippen LogP contribution in [0, 0.1) is 5.92 Å². The van der Waals surface area contributed by atoms with Crippen LogP contribution < -0.4 is 10.5 Å². The van der Waals surface area contributed by atoms with E-state index >= 15 is 0 Å². The monoisotopic (exact) mass is 283 g/mol. The zero-order chi connectivity index (χ0) is 11.1. The summed E-state index contributed by atoms with van der Waals surface area (Å²) in [5.74, 6) is 1.63. The summed E-state index contributed by atoms with van der Waals surface area (Å²) in [6, 6.07) is 0.603. The van der Waals surface area contributed by atoms with Crippen LogP contribution in [0.5, 0.6) is 0 Å². The van der Waals surface area contributed by atoms with E-state index in [0.29, 0.717) is 10.5 Å². The number of H-pyrrole nitrogens is 1. The lowest BCUT2D eigenvalue weighted by molar-refractivity contribution is 0.704. The first-order valence-electron chi connectivity index (χ1n) is 5.75. The number of aromatic nitrogens is 2. The number of aromatic amines is 1. The van der Waals surface area contributed by atoms with Crippen LogP contribution in [0.4, 0.5) is 5.82 Å². The van der Waals surface area contributed by atoms with Gasteiger partial charge < -0.3 is 9.88 Å². The highest BCUT2D eigenvalue weighted by atomic mass is 79.9. The van der Waals surface area contributed by atoms with Crippen LogP contribution in [0.1, 0.15) is 25.7 Å². The van der Waals surface area contributed by atoms with Crippen molar-refractivity contribution in [3.8, 4) is 0 Å². The van der Waals surface area contributed by atoms with E-state index in [0.717, 1.165) is 18.3 Å². The van der Waals surface area contributed by atoms with Crippen LogP contribution >= 0.6 is 15.9 Å². The molecule has 3 rings (SSSR count). The van der Waals surface area contributed by atoms with Crippen LogP contribution in [0.25, 0.3) is 0 Å². The highest BCUT2D eigenvalue weighted by Crippen LogP contribution is 2.38. The Balaban J connectivity index is 1.91. The normalized spacial score (nSPS) is 19.8. The lowest BCUT2D eigenvalue weighted by Crippen LogP contribution is -2.30. The smallest absolute Gasteiger partial charge is 0.267 e. The molecule has 1 heterocycles. The molecule has 2 saturated carbocycles. The molecule has 2 aliphatic carbocycles. The van der Waals surface area contributed by atoms with Crippen LogP contribution in [0.15, 0.2) is 15.6 Å². The number of nitrogens with zero attached hydrogens (tertiary/aromatic N) is 2. The van der Waals surface area contributed by atoms with Crippen LogP contribution in [0.2, 0.25) is 0 Å². The first kappa shape index (κ1) is 10.3. The minimum Gasteiger partial charge on any atom is -0.352 e. The quantitative estimate of drug-likeness (QED) is 0.918. The molecule has 1 aromatic heterocycles. The molecule has 0 aromatic carbocycles. The third-order valence-corrected chi connectivity index (χ3v) is 3.90. The molecule has 0 amide bonds. The van der Waals surface area contributed by atoms with Gasteiger partial charge in [-0.2, -0.15) is 0 Å². The summed E-state index contributed by atoms with van der Waals surface area (Å²) in [5.41, 5.74) is -0.0913. The molecular weight excluding hydrogens is 270 g/mol. The second-order valence-electron chi connectivity index (χ2n) is 4.70. The van der Waals surface area contributed by atoms with Crippen LogP contribution in [-0.4, -0.2) is 22.6 Å². The van der Waals surface area contributed by atoms with E-state index in [-0.39, 0.29) is 5.56 Å². The van der Waals surface area contributed by atoms with Gasteiger partial charge >= 0.3 is 0 Å². The third-order valence-electron chi connectivity index (χ3n) is 3.19. The molecule has 0 aliphatic heterocycles. The van der Waals surface area contributed by atoms with Gasteiger partial charge in [-0.1, -0.05) is 0 Å². The van der Waals surface area contributed by atoms with Crippen molar-refractivity contribution in [3.05, 3.63) is 21.2 Å². The van der Waals surface area contributed by atoms with Gasteiger partial charge in [0.15, 0.2) is 5.82 Å². The van der Waals surface area contributed by atoms with E-state index < -0.39 is 0 Å². The van der Waals surface area contributed by atoms with E-state index in [9.17, 15) is 4.79 Å². The molecule has 4 nitrogen and oxygen atoms in total. The number of rotatable bonds is 4. The summed E-state index contributed by atoms with van der Waals surface area (Å²) in [5, 5.41) is 0. The molecule has 0 bridgehead atoms. The number of hydrogen-bond donors (Lipinski definition) is 1. The highest BCUT2D eigenvalue weighted by molar-refractivity contribution is 9.10. The summed E-state index contributed by atoms with van der Waals surface area (Å²) in [6.07, 6.45) is 6.60. The Morgan fingerprint density at radius 3 is 2.81 bits per heavy atom. The Morgan fingerprint density at radius 1 is 1.44 bits per heavy atom. The van der Waals surface area contributed by atoms with Crippen molar-refractivity contribution in [1.29, 1.82) is 0 Å². The topological polar surface area (TPSA) is 49.0 Å². The maximum absolute atomic E-state index is 11.5. The molecule has 0 spiro atoms. The van der Waals surface area contributed by atoms with Crippen molar-refractivity contribution >= 4 is 21.7 Å². The predicted octanol–water partition coefficient (Wildman–Crippen LogP) is 1.91. The van der Waals surface area contributed by atoms with Gasteiger partial charge in [-0.3, -0.25) is 4.79 Å². The fourth-order valence-electron chi connectivity index (χ4n) is 1.95. The average Bonchev–Trinajstić information content (AvgIpc) is 3.14. The molecule has 0 radical (unpaired) electrons. The number of nitrogens with one attached hydrogen (secondary N) is 1. The molecule has 2 aliphatic rings. The van der Waals surface area contributed by atoms with E-state index in [1.165, 1.54) is 32.0 Å². The highest BCUT2D eigenvalue weighted by Gasteiger charge is 2.35. The Bertz CT molecular complexity index is 451. The summed E-state index contributed by atoms with van der Waals surface area (Å²) in [6.45, 7) is 1.06. The molecule has 86 valence electrons. The van der Waals surface area contributed by atoms with Gasteiger partial charge in [0.1, 0.15) is 4.47 Å². The fraction of sp³-hybridized carbons (Fsp3) is 0.636. The zero-order valence-electron chi connectivity index (χ0n) is 8.95. The van der Waals surface area contributed by atoms with Gasteiger partial charge in [-0.05, 0) is 47.5 Å². The second kappa shape index (κ2) is 3.87. The Hall–Kier alpha value is -0.840. The third kappa shape index (κ3) is 2.00. The van der Waals surface area contributed by atoms with Crippen molar-refractivity contribution in [2.45, 2.75) is 31.7 Å². The number of halogens is 1. The first-order valence-corrected chi connectivity index (χ1v) is 6.55. The second-order valence-corrected chi connectivity index (χ2v) is 5.49. The summed E-state index contributed by atoms with van der Waals surface area (Å²) >= 11 is 3.34. The molecule has 0 unspecified atom stereocenters. The molecule has 1 N–H and O–H groups in total. The molecule has 0 saturated heterocycles. The van der Waals surface area contributed by atoms with Crippen LogP contribution in [-0.2, 0) is 0 Å². The Morgan fingerprint density at radius 2 is 2.19 bits per heavy atom. The van der Waals surface area contributed by atoms with E-state index in [1.54, 1.807) is 0 Å².